The Labute approximate surface area is 245 Å². The van der Waals surface area contributed by atoms with Crippen LogP contribution in [-0.4, -0.2) is 96.8 Å². The van der Waals surface area contributed by atoms with Crippen LogP contribution in [0.4, 0.5) is 0 Å². The van der Waals surface area contributed by atoms with Crippen molar-refractivity contribution in [1.29, 1.82) is 0 Å². The number of methoxy groups -OCH3 is 1. The number of piperazine rings is 1. The molecule has 3 aliphatic heterocycles. The van der Waals surface area contributed by atoms with Crippen LogP contribution >= 0.6 is 23.2 Å². The van der Waals surface area contributed by atoms with Gasteiger partial charge < -0.3 is 14.5 Å². The Kier molecular flexibility index (Phi) is 8.37. The number of benzene rings is 2. The third kappa shape index (κ3) is 5.32. The number of rotatable bonds is 7. The minimum absolute atomic E-state index is 0.0220. The summed E-state index contributed by atoms with van der Waals surface area (Å²) in [6, 6.07) is 9.84. The number of carbonyl (C=O) groups excluding carboxylic acids is 2. The topological polar surface area (TPSA) is 90.5 Å². The molecule has 0 aromatic heterocycles. The maximum Gasteiger partial charge on any atom is 0.248 e. The Morgan fingerprint density at radius 2 is 1.60 bits per heavy atom. The zero-order chi connectivity index (χ0) is 28.8. The Morgan fingerprint density at radius 1 is 0.950 bits per heavy atom. The molecule has 0 spiro atoms. The third-order valence-electron chi connectivity index (χ3n) is 8.07. The molecule has 216 valence electrons. The van der Waals surface area contributed by atoms with E-state index in [1.165, 1.54) is 28.4 Å². The normalized spacial score (nSPS) is 24.6. The molecule has 2 aromatic carbocycles. The summed E-state index contributed by atoms with van der Waals surface area (Å²) in [4.78, 5) is 33.3. The summed E-state index contributed by atoms with van der Waals surface area (Å²) in [5, 5.41) is 0.819. The molecule has 0 bridgehead atoms. The molecule has 9 nitrogen and oxygen atoms in total. The van der Waals surface area contributed by atoms with E-state index in [9.17, 15) is 18.0 Å². The highest BCUT2D eigenvalue weighted by Crippen LogP contribution is 2.37. The number of fused-ring (bicyclic) bond motifs is 1. The largest absolute Gasteiger partial charge is 0.495 e. The van der Waals surface area contributed by atoms with Gasteiger partial charge in [-0.1, -0.05) is 35.3 Å². The molecule has 2 amide bonds. The van der Waals surface area contributed by atoms with Crippen molar-refractivity contribution in [3.8, 4) is 5.75 Å². The SMILES string of the molecule is COc1ccc(Cl)cc1S(=O)(=O)N1CC(N2CCCC2)C(=O)N2C(Cc3ccc(Cl)cc3)C(=O)N(C(C)C)CC21. The molecule has 3 heterocycles. The quantitative estimate of drug-likeness (QED) is 0.478. The van der Waals surface area contributed by atoms with Gasteiger partial charge in [0.2, 0.25) is 21.8 Å². The summed E-state index contributed by atoms with van der Waals surface area (Å²) in [5.74, 6) is -0.252. The Hall–Kier alpha value is -2.37. The molecule has 3 atom stereocenters. The van der Waals surface area contributed by atoms with Gasteiger partial charge in [0.05, 0.1) is 13.7 Å². The lowest BCUT2D eigenvalue weighted by molar-refractivity contribution is -0.171. The third-order valence-corrected chi connectivity index (χ3v) is 10.4. The molecule has 3 fully saturated rings. The number of carbonyl (C=O) groups is 2. The molecule has 40 heavy (non-hydrogen) atoms. The molecule has 0 radical (unpaired) electrons. The van der Waals surface area contributed by atoms with E-state index in [1.54, 1.807) is 23.1 Å². The van der Waals surface area contributed by atoms with E-state index in [2.05, 4.69) is 0 Å². The number of hydrogen-bond donors (Lipinski definition) is 0. The number of halogens is 2. The smallest absolute Gasteiger partial charge is 0.248 e. The Morgan fingerprint density at radius 3 is 2.23 bits per heavy atom. The number of hydrogen-bond acceptors (Lipinski definition) is 6. The van der Waals surface area contributed by atoms with E-state index in [0.29, 0.717) is 18.1 Å². The molecular weight excluding hydrogens is 575 g/mol. The first-order chi connectivity index (χ1) is 19.0. The predicted molar refractivity (Wildman–Crippen MR) is 153 cm³/mol. The molecule has 2 aromatic rings. The van der Waals surface area contributed by atoms with Crippen molar-refractivity contribution < 1.29 is 22.7 Å². The average molecular weight is 610 g/mol. The highest BCUT2D eigenvalue weighted by molar-refractivity contribution is 7.89. The van der Waals surface area contributed by atoms with Crippen LogP contribution in [0.2, 0.25) is 10.0 Å². The van der Waals surface area contributed by atoms with E-state index < -0.39 is 28.3 Å². The molecule has 5 rings (SSSR count). The average Bonchev–Trinajstić information content (AvgIpc) is 3.46. The fraction of sp³-hybridized carbons (Fsp3) is 0.500. The summed E-state index contributed by atoms with van der Waals surface area (Å²) in [6.07, 6.45) is 1.20. The molecular formula is C28H34Cl2N4O5S. The monoisotopic (exact) mass is 608 g/mol. The molecule has 0 saturated carbocycles. The number of likely N-dealkylation sites (tertiary alicyclic amines) is 1. The Balaban J connectivity index is 1.64. The number of ether oxygens (including phenoxy) is 1. The fourth-order valence-electron chi connectivity index (χ4n) is 6.00. The molecule has 3 unspecified atom stereocenters. The molecule has 0 aliphatic carbocycles. The summed E-state index contributed by atoms with van der Waals surface area (Å²) >= 11 is 12.3. The number of nitrogens with zero attached hydrogens (tertiary/aromatic N) is 4. The summed E-state index contributed by atoms with van der Waals surface area (Å²) in [7, 11) is -2.80. The first kappa shape index (κ1) is 29.1. The Bertz CT molecular complexity index is 1380. The van der Waals surface area contributed by atoms with Crippen molar-refractivity contribution in [3.05, 3.63) is 58.1 Å². The lowest BCUT2D eigenvalue weighted by Crippen LogP contribution is -2.76. The van der Waals surface area contributed by atoms with Crippen LogP contribution in [0.15, 0.2) is 47.4 Å². The summed E-state index contributed by atoms with van der Waals surface area (Å²) in [5.41, 5.74) is 0.828. The van der Waals surface area contributed by atoms with Gasteiger partial charge in [-0.05, 0) is 75.7 Å². The maximum atomic E-state index is 14.4. The van der Waals surface area contributed by atoms with E-state index in [0.717, 1.165) is 18.4 Å². The molecule has 3 aliphatic rings. The van der Waals surface area contributed by atoms with Crippen molar-refractivity contribution in [3.63, 3.8) is 0 Å². The van der Waals surface area contributed by atoms with E-state index >= 15 is 0 Å². The van der Waals surface area contributed by atoms with Crippen LogP contribution in [-0.2, 0) is 26.0 Å². The van der Waals surface area contributed by atoms with Gasteiger partial charge in [-0.3, -0.25) is 14.5 Å². The lowest BCUT2D eigenvalue weighted by atomic mass is 9.96. The second-order valence-electron chi connectivity index (χ2n) is 10.8. The van der Waals surface area contributed by atoms with Gasteiger partial charge in [0.15, 0.2) is 0 Å². The van der Waals surface area contributed by atoms with E-state index in [4.69, 9.17) is 27.9 Å². The zero-order valence-corrected chi connectivity index (χ0v) is 25.1. The molecule has 3 saturated heterocycles. The fourth-order valence-corrected chi connectivity index (χ4v) is 8.12. The van der Waals surface area contributed by atoms with Gasteiger partial charge >= 0.3 is 0 Å². The number of sulfonamides is 1. The van der Waals surface area contributed by atoms with Crippen LogP contribution in [0.25, 0.3) is 0 Å². The van der Waals surface area contributed by atoms with E-state index in [1.807, 2.05) is 30.9 Å². The lowest BCUT2D eigenvalue weighted by Gasteiger charge is -2.55. The predicted octanol–water partition coefficient (Wildman–Crippen LogP) is 3.49. The summed E-state index contributed by atoms with van der Waals surface area (Å²) in [6.45, 7) is 5.21. The van der Waals surface area contributed by atoms with Crippen LogP contribution in [0.3, 0.4) is 0 Å². The van der Waals surface area contributed by atoms with Gasteiger partial charge in [0, 0.05) is 29.1 Å². The van der Waals surface area contributed by atoms with Gasteiger partial charge in [0.1, 0.15) is 28.9 Å². The number of amides is 2. The first-order valence-electron chi connectivity index (χ1n) is 13.5. The van der Waals surface area contributed by atoms with Crippen LogP contribution < -0.4 is 4.74 Å². The van der Waals surface area contributed by atoms with Gasteiger partial charge in [0.25, 0.3) is 0 Å². The second kappa shape index (κ2) is 11.5. The minimum atomic E-state index is -4.20. The van der Waals surface area contributed by atoms with Crippen molar-refractivity contribution >= 4 is 45.0 Å². The minimum Gasteiger partial charge on any atom is -0.495 e. The van der Waals surface area contributed by atoms with Gasteiger partial charge in [-0.15, -0.1) is 0 Å². The van der Waals surface area contributed by atoms with Crippen LogP contribution in [0, 0.1) is 0 Å². The standard InChI is InChI=1S/C28H34Cl2N4O5S/c1-18(2)32-17-26-33(40(37,38)25-15-21(30)10-11-24(25)39-3)16-23(31-12-4-5-13-31)28(36)34(26)22(27(32)35)14-19-6-8-20(29)9-7-19/h6-11,15,18,22-23,26H,4-5,12-14,16-17H2,1-3H3. The molecule has 0 N–H and O–H groups in total. The maximum absolute atomic E-state index is 14.4. The summed E-state index contributed by atoms with van der Waals surface area (Å²) < 4.78 is 35.6. The van der Waals surface area contributed by atoms with Crippen molar-refractivity contribution in [1.82, 2.24) is 19.0 Å². The zero-order valence-electron chi connectivity index (χ0n) is 22.8. The van der Waals surface area contributed by atoms with Gasteiger partial charge in [-0.2, -0.15) is 4.31 Å². The second-order valence-corrected chi connectivity index (χ2v) is 13.5. The molecule has 12 heteroatoms. The highest BCUT2D eigenvalue weighted by Gasteiger charge is 2.55. The van der Waals surface area contributed by atoms with E-state index in [-0.39, 0.29) is 53.0 Å². The van der Waals surface area contributed by atoms with Crippen molar-refractivity contribution in [2.75, 3.05) is 33.3 Å². The van der Waals surface area contributed by atoms with Crippen LogP contribution in [0.1, 0.15) is 32.3 Å². The van der Waals surface area contributed by atoms with Crippen molar-refractivity contribution in [2.24, 2.45) is 0 Å². The first-order valence-corrected chi connectivity index (χ1v) is 15.7. The van der Waals surface area contributed by atoms with Gasteiger partial charge in [-0.25, -0.2) is 8.42 Å². The van der Waals surface area contributed by atoms with Crippen LogP contribution in [0.5, 0.6) is 5.75 Å². The van der Waals surface area contributed by atoms with Crippen molar-refractivity contribution in [2.45, 2.75) is 62.3 Å². The highest BCUT2D eigenvalue weighted by atomic mass is 35.5.